The highest BCUT2D eigenvalue weighted by Gasteiger charge is 2.27. The molecule has 4 heteroatoms. The Morgan fingerprint density at radius 3 is 2.48 bits per heavy atom. The fraction of sp³-hybridized carbons (Fsp3) is 0.160. The maximum Gasteiger partial charge on any atom is 0.231 e. The summed E-state index contributed by atoms with van der Waals surface area (Å²) in [6.07, 6.45) is 1.77. The average molecular weight is 385 g/mol. The number of Topliss-reactive ketones (excluding diaryl/α,β-unsaturated/α-hetero) is 1. The van der Waals surface area contributed by atoms with Crippen LogP contribution < -0.4 is 14.4 Å². The van der Waals surface area contributed by atoms with Gasteiger partial charge < -0.3 is 14.4 Å². The van der Waals surface area contributed by atoms with E-state index in [4.69, 9.17) is 9.47 Å². The van der Waals surface area contributed by atoms with Crippen LogP contribution in [0.4, 0.5) is 5.69 Å². The van der Waals surface area contributed by atoms with Gasteiger partial charge in [-0.1, -0.05) is 36.4 Å². The van der Waals surface area contributed by atoms with E-state index in [-0.39, 0.29) is 5.78 Å². The van der Waals surface area contributed by atoms with Crippen molar-refractivity contribution in [3.05, 3.63) is 94.7 Å². The van der Waals surface area contributed by atoms with E-state index < -0.39 is 0 Å². The number of nitrogens with zero attached hydrogens (tertiary/aromatic N) is 1. The van der Waals surface area contributed by atoms with Crippen LogP contribution >= 0.6 is 0 Å². The third-order valence-electron chi connectivity index (χ3n) is 5.00. The molecule has 0 spiro atoms. The Bertz CT molecular complexity index is 1080. The Kier molecular flexibility index (Phi) is 5.09. The standard InChI is InChI=1S/C25H23NO3/c1-17-6-4-5-7-19(17)16-28-21-12-13-22-23(15-21)29-24(25(22)27)14-18-8-10-20(11-9-18)26(2)3/h4-15H,16H2,1-3H3/b24-14-. The predicted molar refractivity (Wildman–Crippen MR) is 116 cm³/mol. The average Bonchev–Trinajstić information content (AvgIpc) is 3.02. The minimum atomic E-state index is -0.109. The Labute approximate surface area is 171 Å². The number of hydrogen-bond acceptors (Lipinski definition) is 4. The molecule has 0 unspecified atom stereocenters. The monoisotopic (exact) mass is 385 g/mol. The topological polar surface area (TPSA) is 38.8 Å². The summed E-state index contributed by atoms with van der Waals surface area (Å²) in [7, 11) is 3.99. The molecule has 0 atom stereocenters. The molecular weight excluding hydrogens is 362 g/mol. The van der Waals surface area contributed by atoms with Crippen LogP contribution in [0.15, 0.2) is 72.5 Å². The van der Waals surface area contributed by atoms with Gasteiger partial charge in [-0.15, -0.1) is 0 Å². The Morgan fingerprint density at radius 2 is 1.76 bits per heavy atom. The van der Waals surface area contributed by atoms with Crippen LogP contribution in [0.3, 0.4) is 0 Å². The molecular formula is C25H23NO3. The molecule has 0 saturated heterocycles. The highest BCUT2D eigenvalue weighted by molar-refractivity contribution is 6.14. The minimum Gasteiger partial charge on any atom is -0.489 e. The summed E-state index contributed by atoms with van der Waals surface area (Å²) in [5, 5.41) is 0. The van der Waals surface area contributed by atoms with E-state index in [2.05, 4.69) is 13.0 Å². The van der Waals surface area contributed by atoms with Crippen molar-refractivity contribution in [2.24, 2.45) is 0 Å². The van der Waals surface area contributed by atoms with Crippen molar-refractivity contribution in [1.82, 2.24) is 0 Å². The molecule has 29 heavy (non-hydrogen) atoms. The zero-order valence-electron chi connectivity index (χ0n) is 16.8. The van der Waals surface area contributed by atoms with Gasteiger partial charge in [0, 0.05) is 25.8 Å². The summed E-state index contributed by atoms with van der Waals surface area (Å²) in [6, 6.07) is 21.4. The van der Waals surface area contributed by atoms with Crippen molar-refractivity contribution in [2.45, 2.75) is 13.5 Å². The molecule has 146 valence electrons. The minimum absolute atomic E-state index is 0.109. The lowest BCUT2D eigenvalue weighted by Gasteiger charge is -2.11. The molecule has 0 saturated carbocycles. The van der Waals surface area contributed by atoms with E-state index >= 15 is 0 Å². The fourth-order valence-corrected chi connectivity index (χ4v) is 3.21. The number of allylic oxidation sites excluding steroid dienone is 1. The molecule has 3 aromatic carbocycles. The number of carbonyl (C=O) groups is 1. The first-order valence-corrected chi connectivity index (χ1v) is 9.54. The van der Waals surface area contributed by atoms with E-state index in [0.717, 1.165) is 16.8 Å². The molecule has 1 aliphatic heterocycles. The van der Waals surface area contributed by atoms with Gasteiger partial charge in [-0.3, -0.25) is 4.79 Å². The smallest absolute Gasteiger partial charge is 0.231 e. The van der Waals surface area contributed by atoms with Gasteiger partial charge in [-0.2, -0.15) is 0 Å². The molecule has 0 aliphatic carbocycles. The van der Waals surface area contributed by atoms with Crippen molar-refractivity contribution >= 4 is 17.5 Å². The number of ether oxygens (including phenoxy) is 2. The van der Waals surface area contributed by atoms with Crippen LogP contribution in [0.1, 0.15) is 27.0 Å². The number of carbonyl (C=O) groups excluding carboxylic acids is 1. The maximum absolute atomic E-state index is 12.7. The highest BCUT2D eigenvalue weighted by atomic mass is 16.5. The third-order valence-corrected chi connectivity index (χ3v) is 5.00. The van der Waals surface area contributed by atoms with Gasteiger partial charge >= 0.3 is 0 Å². The van der Waals surface area contributed by atoms with Crippen molar-refractivity contribution in [2.75, 3.05) is 19.0 Å². The van der Waals surface area contributed by atoms with E-state index in [1.165, 1.54) is 5.56 Å². The fourth-order valence-electron chi connectivity index (χ4n) is 3.21. The van der Waals surface area contributed by atoms with Crippen LogP contribution in [-0.4, -0.2) is 19.9 Å². The SMILES string of the molecule is Cc1ccccc1COc1ccc2c(c1)O/C(=C\c1ccc(N(C)C)cc1)C2=O. The van der Waals surface area contributed by atoms with E-state index in [1.807, 2.05) is 67.5 Å². The zero-order chi connectivity index (χ0) is 20.4. The predicted octanol–water partition coefficient (Wildman–Crippen LogP) is 5.26. The van der Waals surface area contributed by atoms with E-state index in [1.54, 1.807) is 18.2 Å². The molecule has 0 bridgehead atoms. The summed E-state index contributed by atoms with van der Waals surface area (Å²) < 4.78 is 11.7. The lowest BCUT2D eigenvalue weighted by atomic mass is 10.1. The molecule has 0 aromatic heterocycles. The number of rotatable bonds is 5. The molecule has 0 fully saturated rings. The number of hydrogen-bond donors (Lipinski definition) is 0. The second-order valence-electron chi connectivity index (χ2n) is 7.30. The summed E-state index contributed by atoms with van der Waals surface area (Å²) in [5.74, 6) is 1.43. The van der Waals surface area contributed by atoms with Gasteiger partial charge in [-0.25, -0.2) is 0 Å². The Balaban J connectivity index is 1.50. The van der Waals surface area contributed by atoms with Gasteiger partial charge in [0.25, 0.3) is 0 Å². The Morgan fingerprint density at radius 1 is 1.00 bits per heavy atom. The van der Waals surface area contributed by atoms with Crippen molar-refractivity contribution in [1.29, 1.82) is 0 Å². The quantitative estimate of drug-likeness (QED) is 0.562. The summed E-state index contributed by atoms with van der Waals surface area (Å²) in [4.78, 5) is 14.7. The zero-order valence-corrected chi connectivity index (χ0v) is 16.8. The van der Waals surface area contributed by atoms with E-state index in [0.29, 0.717) is 29.4 Å². The number of ketones is 1. The summed E-state index contributed by atoms with van der Waals surface area (Å²) in [6.45, 7) is 2.53. The van der Waals surface area contributed by atoms with Crippen LogP contribution in [0, 0.1) is 6.92 Å². The molecule has 0 amide bonds. The number of benzene rings is 3. The summed E-state index contributed by atoms with van der Waals surface area (Å²) in [5.41, 5.74) is 4.90. The lowest BCUT2D eigenvalue weighted by molar-refractivity contribution is 0.101. The van der Waals surface area contributed by atoms with Gasteiger partial charge in [0.05, 0.1) is 5.56 Å². The number of fused-ring (bicyclic) bond motifs is 1. The molecule has 4 rings (SSSR count). The van der Waals surface area contributed by atoms with Crippen LogP contribution in [0.25, 0.3) is 6.08 Å². The third kappa shape index (κ3) is 4.02. The first-order valence-electron chi connectivity index (χ1n) is 9.54. The largest absolute Gasteiger partial charge is 0.489 e. The molecule has 3 aromatic rings. The molecule has 4 nitrogen and oxygen atoms in total. The van der Waals surface area contributed by atoms with Crippen LogP contribution in [0.2, 0.25) is 0 Å². The molecule has 0 N–H and O–H groups in total. The number of aryl methyl sites for hydroxylation is 1. The van der Waals surface area contributed by atoms with Gasteiger partial charge in [0.2, 0.25) is 5.78 Å². The Hall–Kier alpha value is -3.53. The lowest BCUT2D eigenvalue weighted by Crippen LogP contribution is -2.08. The highest BCUT2D eigenvalue weighted by Crippen LogP contribution is 2.35. The van der Waals surface area contributed by atoms with Crippen LogP contribution in [-0.2, 0) is 6.61 Å². The normalized spacial score (nSPS) is 13.9. The molecule has 1 heterocycles. The van der Waals surface area contributed by atoms with Crippen LogP contribution in [0.5, 0.6) is 11.5 Å². The van der Waals surface area contributed by atoms with Gasteiger partial charge in [0.1, 0.15) is 18.1 Å². The van der Waals surface area contributed by atoms with Gasteiger partial charge in [0.15, 0.2) is 5.76 Å². The summed E-state index contributed by atoms with van der Waals surface area (Å²) >= 11 is 0. The first kappa shape index (κ1) is 18.8. The number of anilines is 1. The van der Waals surface area contributed by atoms with Gasteiger partial charge in [-0.05, 0) is 54.0 Å². The van der Waals surface area contributed by atoms with E-state index in [9.17, 15) is 4.79 Å². The first-order chi connectivity index (χ1) is 14.0. The van der Waals surface area contributed by atoms with Crippen molar-refractivity contribution in [3.8, 4) is 11.5 Å². The molecule has 0 radical (unpaired) electrons. The second-order valence-corrected chi connectivity index (χ2v) is 7.30. The second kappa shape index (κ2) is 7.84. The van der Waals surface area contributed by atoms with Crippen molar-refractivity contribution < 1.29 is 14.3 Å². The van der Waals surface area contributed by atoms with Crippen molar-refractivity contribution in [3.63, 3.8) is 0 Å². The maximum atomic E-state index is 12.7. The molecule has 1 aliphatic rings.